The molecule has 0 spiro atoms. The number of benzene rings is 1. The Morgan fingerprint density at radius 3 is 2.22 bits per heavy atom. The van der Waals surface area contributed by atoms with Gasteiger partial charge in [0.05, 0.1) is 12.3 Å². The lowest BCUT2D eigenvalue weighted by molar-refractivity contribution is -0.153. The topological polar surface area (TPSA) is 71.1 Å². The summed E-state index contributed by atoms with van der Waals surface area (Å²) in [6.45, 7) is 0. The molecule has 23 heavy (non-hydrogen) atoms. The molecule has 1 aliphatic heterocycles. The van der Waals surface area contributed by atoms with Crippen LogP contribution in [0, 0.1) is 5.92 Å². The van der Waals surface area contributed by atoms with E-state index in [-0.39, 0.29) is 12.3 Å². The molecule has 1 fully saturated rings. The first-order valence-corrected chi connectivity index (χ1v) is 8.94. The Bertz CT molecular complexity index is 583. The van der Waals surface area contributed by atoms with Crippen molar-refractivity contribution in [2.75, 3.05) is 21.3 Å². The highest BCUT2D eigenvalue weighted by Crippen LogP contribution is 2.20. The summed E-state index contributed by atoms with van der Waals surface area (Å²) in [6, 6.07) is 7.64. The van der Waals surface area contributed by atoms with E-state index in [2.05, 4.69) is 4.74 Å². The summed E-state index contributed by atoms with van der Waals surface area (Å²) < 4.78 is 20.8. The van der Waals surface area contributed by atoms with Gasteiger partial charge >= 0.3 is 20.7 Å². The molecule has 124 valence electrons. The average Bonchev–Trinajstić information content (AvgIpc) is 2.89. The van der Waals surface area contributed by atoms with Crippen LogP contribution in [0.25, 0.3) is 6.08 Å². The van der Waals surface area contributed by atoms with Gasteiger partial charge in [0.2, 0.25) is 0 Å². The minimum atomic E-state index is -2.81. The van der Waals surface area contributed by atoms with E-state index in [1.807, 2.05) is 36.4 Å². The average molecular weight is 336 g/mol. The highest BCUT2D eigenvalue weighted by Gasteiger charge is 2.40. The lowest BCUT2D eigenvalue weighted by atomic mass is 10.0. The summed E-state index contributed by atoms with van der Waals surface area (Å²) in [4.78, 5) is 22.4. The van der Waals surface area contributed by atoms with Crippen molar-refractivity contribution in [2.24, 2.45) is 5.92 Å². The van der Waals surface area contributed by atoms with Gasteiger partial charge < -0.3 is 18.0 Å². The number of carbonyl (C=O) groups excluding carboxylic acids is 2. The SMILES string of the molecule is CO[Si](OC)(OC)c1ccc(/C=C/CC2CC(=O)OC2=O)cc1. The molecule has 0 saturated carbocycles. The van der Waals surface area contributed by atoms with Crippen LogP contribution in [-0.4, -0.2) is 42.1 Å². The standard InChI is InChI=1S/C16H20O6Si/c1-19-23(20-2,21-3)14-9-7-12(8-10-14)5-4-6-13-11-15(17)22-16(13)18/h4-5,7-10,13H,6,11H2,1-3H3/b5-4+. The Labute approximate surface area is 136 Å². The number of carbonyl (C=O) groups is 2. The van der Waals surface area contributed by atoms with Gasteiger partial charge in [-0.1, -0.05) is 36.4 Å². The minimum Gasteiger partial charge on any atom is -0.393 e. The number of rotatable bonds is 7. The van der Waals surface area contributed by atoms with Gasteiger partial charge in [-0.25, -0.2) is 0 Å². The predicted octanol–water partition coefficient (Wildman–Crippen LogP) is 1.26. The maximum atomic E-state index is 11.4. The third kappa shape index (κ3) is 3.94. The molecule has 7 heteroatoms. The molecule has 1 unspecified atom stereocenters. The van der Waals surface area contributed by atoms with E-state index in [1.54, 1.807) is 21.3 Å². The van der Waals surface area contributed by atoms with Crippen LogP contribution in [0.3, 0.4) is 0 Å². The second-order valence-electron chi connectivity index (χ2n) is 5.12. The summed E-state index contributed by atoms with van der Waals surface area (Å²) >= 11 is 0. The molecule has 1 atom stereocenters. The van der Waals surface area contributed by atoms with Crippen molar-refractivity contribution in [1.29, 1.82) is 0 Å². The van der Waals surface area contributed by atoms with Gasteiger partial charge in [-0.2, -0.15) is 0 Å². The zero-order chi connectivity index (χ0) is 16.9. The van der Waals surface area contributed by atoms with Crippen molar-refractivity contribution in [3.63, 3.8) is 0 Å². The molecule has 1 heterocycles. The smallest absolute Gasteiger partial charge is 0.393 e. The number of ether oxygens (including phenoxy) is 1. The second kappa shape index (κ2) is 7.65. The molecule has 0 bridgehead atoms. The molecule has 0 aliphatic carbocycles. The first-order valence-electron chi connectivity index (χ1n) is 7.21. The van der Waals surface area contributed by atoms with Gasteiger partial charge in [-0.05, 0) is 12.0 Å². The quantitative estimate of drug-likeness (QED) is 0.424. The van der Waals surface area contributed by atoms with E-state index in [0.29, 0.717) is 6.42 Å². The van der Waals surface area contributed by atoms with Gasteiger partial charge in [0.15, 0.2) is 0 Å². The lowest BCUT2D eigenvalue weighted by Crippen LogP contribution is -2.54. The Morgan fingerprint density at radius 2 is 1.74 bits per heavy atom. The molecule has 0 radical (unpaired) electrons. The number of hydrogen-bond acceptors (Lipinski definition) is 6. The molecule has 1 aromatic rings. The molecule has 0 N–H and O–H groups in total. The van der Waals surface area contributed by atoms with E-state index in [1.165, 1.54) is 0 Å². The van der Waals surface area contributed by atoms with Crippen LogP contribution >= 0.6 is 0 Å². The summed E-state index contributed by atoms with van der Waals surface area (Å²) in [5, 5.41) is 0.868. The van der Waals surface area contributed by atoms with Crippen molar-refractivity contribution >= 4 is 32.0 Å². The van der Waals surface area contributed by atoms with E-state index < -0.39 is 20.7 Å². The third-order valence-corrected chi connectivity index (χ3v) is 6.41. The van der Waals surface area contributed by atoms with Gasteiger partial charge in [0.1, 0.15) is 0 Å². The molecule has 1 aromatic carbocycles. The van der Waals surface area contributed by atoms with Crippen LogP contribution in [0.15, 0.2) is 30.3 Å². The fourth-order valence-electron chi connectivity index (χ4n) is 2.47. The van der Waals surface area contributed by atoms with Crippen molar-refractivity contribution < 1.29 is 27.6 Å². The Balaban J connectivity index is 2.01. The molecule has 6 nitrogen and oxygen atoms in total. The summed E-state index contributed by atoms with van der Waals surface area (Å²) in [5.41, 5.74) is 0.970. The molecule has 1 saturated heterocycles. The maximum Gasteiger partial charge on any atom is 0.536 e. The van der Waals surface area contributed by atoms with E-state index >= 15 is 0 Å². The molecule has 2 rings (SSSR count). The fourth-order valence-corrected chi connectivity index (χ4v) is 4.25. The molecular formula is C16H20O6Si. The number of allylic oxidation sites excluding steroid dienone is 1. The Hall–Kier alpha value is -1.80. The molecule has 0 aromatic heterocycles. The highest BCUT2D eigenvalue weighted by molar-refractivity contribution is 6.75. The van der Waals surface area contributed by atoms with Crippen molar-refractivity contribution in [3.8, 4) is 0 Å². The zero-order valence-corrected chi connectivity index (χ0v) is 14.4. The summed E-state index contributed by atoms with van der Waals surface area (Å²) in [7, 11) is 1.89. The zero-order valence-electron chi connectivity index (χ0n) is 13.4. The minimum absolute atomic E-state index is 0.158. The summed E-state index contributed by atoms with van der Waals surface area (Å²) in [6.07, 6.45) is 4.41. The van der Waals surface area contributed by atoms with Crippen molar-refractivity contribution in [3.05, 3.63) is 35.9 Å². The van der Waals surface area contributed by atoms with E-state index in [9.17, 15) is 9.59 Å². The van der Waals surface area contributed by atoms with Gasteiger partial charge in [0, 0.05) is 26.5 Å². The van der Waals surface area contributed by atoms with Gasteiger partial charge in [-0.15, -0.1) is 0 Å². The van der Waals surface area contributed by atoms with Gasteiger partial charge in [-0.3, -0.25) is 9.59 Å². The Kier molecular flexibility index (Phi) is 5.84. The van der Waals surface area contributed by atoms with E-state index in [0.717, 1.165) is 10.8 Å². The lowest BCUT2D eigenvalue weighted by Gasteiger charge is -2.24. The van der Waals surface area contributed by atoms with Crippen LogP contribution in [0.5, 0.6) is 0 Å². The number of esters is 2. The monoisotopic (exact) mass is 336 g/mol. The second-order valence-corrected chi connectivity index (χ2v) is 8.04. The van der Waals surface area contributed by atoms with Crippen LogP contribution < -0.4 is 5.19 Å². The fraction of sp³-hybridized carbons (Fsp3) is 0.375. The van der Waals surface area contributed by atoms with Crippen molar-refractivity contribution in [1.82, 2.24) is 0 Å². The van der Waals surface area contributed by atoms with Gasteiger partial charge in [0.25, 0.3) is 0 Å². The Morgan fingerprint density at radius 1 is 1.13 bits per heavy atom. The third-order valence-electron chi connectivity index (χ3n) is 3.76. The molecular weight excluding hydrogens is 316 g/mol. The van der Waals surface area contributed by atoms with Crippen LogP contribution in [0.4, 0.5) is 0 Å². The first kappa shape index (κ1) is 17.5. The predicted molar refractivity (Wildman–Crippen MR) is 85.7 cm³/mol. The van der Waals surface area contributed by atoms with Crippen LogP contribution in [0.2, 0.25) is 0 Å². The number of hydrogen-bond donors (Lipinski definition) is 0. The van der Waals surface area contributed by atoms with Crippen LogP contribution in [0.1, 0.15) is 18.4 Å². The summed E-state index contributed by atoms with van der Waals surface area (Å²) in [5.74, 6) is -1.25. The normalized spacial score (nSPS) is 18.7. The first-order chi connectivity index (χ1) is 11.0. The van der Waals surface area contributed by atoms with E-state index in [4.69, 9.17) is 13.3 Å². The largest absolute Gasteiger partial charge is 0.536 e. The maximum absolute atomic E-state index is 11.4. The molecule has 1 aliphatic rings. The molecule has 0 amide bonds. The van der Waals surface area contributed by atoms with Crippen molar-refractivity contribution in [2.45, 2.75) is 12.8 Å². The highest BCUT2D eigenvalue weighted by atomic mass is 28.4. The van der Waals surface area contributed by atoms with Crippen LogP contribution in [-0.2, 0) is 27.6 Å². The number of cyclic esters (lactones) is 2.